The fourth-order valence-electron chi connectivity index (χ4n) is 0.768. The zero-order chi connectivity index (χ0) is 8.65. The Morgan fingerprint density at radius 3 is 3.08 bits per heavy atom. The maximum Gasteiger partial charge on any atom is 0.0886 e. The van der Waals surface area contributed by atoms with Crippen molar-refractivity contribution in [1.82, 2.24) is 4.98 Å². The summed E-state index contributed by atoms with van der Waals surface area (Å²) < 4.78 is 10.1. The standard InChI is InChI=1S/C9H12NO2/c1-11-5-6-12-8-9-3-2-4-10-7-9/h2-3,7H,5-6,8H2,1H3. The quantitative estimate of drug-likeness (QED) is 0.612. The van der Waals surface area contributed by atoms with Crippen LogP contribution in [0.2, 0.25) is 0 Å². The summed E-state index contributed by atoms with van der Waals surface area (Å²) in [6, 6.07) is 3.70. The van der Waals surface area contributed by atoms with Crippen molar-refractivity contribution < 1.29 is 9.47 Å². The predicted octanol–water partition coefficient (Wildman–Crippen LogP) is 1.04. The molecule has 0 spiro atoms. The Hall–Kier alpha value is -0.930. The predicted molar refractivity (Wildman–Crippen MR) is 44.6 cm³/mol. The maximum absolute atomic E-state index is 5.28. The van der Waals surface area contributed by atoms with E-state index in [1.54, 1.807) is 19.4 Å². The summed E-state index contributed by atoms with van der Waals surface area (Å²) in [5.74, 6) is 0. The number of pyridine rings is 1. The Kier molecular flexibility index (Phi) is 4.34. The van der Waals surface area contributed by atoms with Crippen LogP contribution in [0.15, 0.2) is 18.3 Å². The van der Waals surface area contributed by atoms with Crippen LogP contribution in [0, 0.1) is 6.20 Å². The lowest BCUT2D eigenvalue weighted by Gasteiger charge is -2.01. The van der Waals surface area contributed by atoms with Gasteiger partial charge in [0.25, 0.3) is 0 Å². The minimum absolute atomic E-state index is 0.588. The molecule has 1 radical (unpaired) electrons. The van der Waals surface area contributed by atoms with Crippen molar-refractivity contribution >= 4 is 0 Å². The van der Waals surface area contributed by atoms with Gasteiger partial charge in [0.1, 0.15) is 0 Å². The van der Waals surface area contributed by atoms with Gasteiger partial charge in [0.2, 0.25) is 0 Å². The Morgan fingerprint density at radius 1 is 1.50 bits per heavy atom. The number of aromatic nitrogens is 1. The largest absolute Gasteiger partial charge is 0.382 e. The smallest absolute Gasteiger partial charge is 0.0886 e. The lowest BCUT2D eigenvalue weighted by atomic mass is 10.3. The molecule has 12 heavy (non-hydrogen) atoms. The Balaban J connectivity index is 2.16. The van der Waals surface area contributed by atoms with Crippen molar-refractivity contribution in [2.24, 2.45) is 0 Å². The molecule has 1 heterocycles. The Morgan fingerprint density at radius 2 is 2.42 bits per heavy atom. The second-order valence-electron chi connectivity index (χ2n) is 2.34. The van der Waals surface area contributed by atoms with Gasteiger partial charge >= 0.3 is 0 Å². The van der Waals surface area contributed by atoms with Crippen molar-refractivity contribution in [3.63, 3.8) is 0 Å². The third-order valence-electron chi connectivity index (χ3n) is 1.38. The molecular formula is C9H12NO2. The van der Waals surface area contributed by atoms with Crippen LogP contribution in [0.1, 0.15) is 5.56 Å². The van der Waals surface area contributed by atoms with E-state index in [0.29, 0.717) is 19.8 Å². The van der Waals surface area contributed by atoms with E-state index < -0.39 is 0 Å². The molecule has 0 aliphatic rings. The van der Waals surface area contributed by atoms with E-state index in [0.717, 1.165) is 5.56 Å². The van der Waals surface area contributed by atoms with Crippen LogP contribution in [0.5, 0.6) is 0 Å². The monoisotopic (exact) mass is 166 g/mol. The van der Waals surface area contributed by atoms with Crippen LogP contribution in [0.3, 0.4) is 0 Å². The number of ether oxygens (including phenoxy) is 2. The lowest BCUT2D eigenvalue weighted by molar-refractivity contribution is 0.0615. The van der Waals surface area contributed by atoms with Crippen molar-refractivity contribution in [2.45, 2.75) is 6.61 Å². The van der Waals surface area contributed by atoms with E-state index >= 15 is 0 Å². The molecule has 0 bridgehead atoms. The maximum atomic E-state index is 5.28. The highest BCUT2D eigenvalue weighted by Crippen LogP contribution is 1.96. The molecule has 0 aliphatic carbocycles. The summed E-state index contributed by atoms with van der Waals surface area (Å²) in [5.41, 5.74) is 1.06. The van der Waals surface area contributed by atoms with Gasteiger partial charge < -0.3 is 9.47 Å². The van der Waals surface area contributed by atoms with E-state index in [4.69, 9.17) is 9.47 Å². The van der Waals surface area contributed by atoms with Crippen LogP contribution in [-0.4, -0.2) is 25.3 Å². The zero-order valence-electron chi connectivity index (χ0n) is 7.12. The minimum Gasteiger partial charge on any atom is -0.382 e. The van der Waals surface area contributed by atoms with Crippen LogP contribution >= 0.6 is 0 Å². The molecule has 0 saturated carbocycles. The first kappa shape index (κ1) is 9.16. The molecule has 0 amide bonds. The van der Waals surface area contributed by atoms with Gasteiger partial charge in [0.15, 0.2) is 0 Å². The van der Waals surface area contributed by atoms with Gasteiger partial charge in [0, 0.05) is 13.3 Å². The van der Waals surface area contributed by atoms with Gasteiger partial charge in [-0.15, -0.1) is 0 Å². The van der Waals surface area contributed by atoms with Crippen molar-refractivity contribution in [1.29, 1.82) is 0 Å². The lowest BCUT2D eigenvalue weighted by Crippen LogP contribution is -2.01. The van der Waals surface area contributed by atoms with Crippen LogP contribution in [0.25, 0.3) is 0 Å². The highest BCUT2D eigenvalue weighted by atomic mass is 16.5. The average Bonchev–Trinajstić information content (AvgIpc) is 2.14. The third kappa shape index (κ3) is 3.46. The first-order valence-corrected chi connectivity index (χ1v) is 3.81. The summed E-state index contributed by atoms with van der Waals surface area (Å²) in [7, 11) is 1.66. The van der Waals surface area contributed by atoms with Gasteiger partial charge in [-0.2, -0.15) is 0 Å². The molecule has 1 aromatic heterocycles. The summed E-state index contributed by atoms with van der Waals surface area (Å²) in [4.78, 5) is 3.85. The molecule has 0 saturated heterocycles. The SMILES string of the molecule is COCCOCc1cc[c]nc1. The van der Waals surface area contributed by atoms with E-state index in [1.165, 1.54) is 0 Å². The first-order chi connectivity index (χ1) is 5.93. The number of rotatable bonds is 5. The van der Waals surface area contributed by atoms with Crippen LogP contribution in [-0.2, 0) is 16.1 Å². The third-order valence-corrected chi connectivity index (χ3v) is 1.38. The number of methoxy groups -OCH3 is 1. The van der Waals surface area contributed by atoms with Crippen molar-refractivity contribution in [3.8, 4) is 0 Å². The summed E-state index contributed by atoms with van der Waals surface area (Å²) in [5, 5.41) is 0. The molecule has 65 valence electrons. The van der Waals surface area contributed by atoms with Crippen molar-refractivity contribution in [3.05, 3.63) is 30.1 Å². The fourth-order valence-corrected chi connectivity index (χ4v) is 0.768. The zero-order valence-corrected chi connectivity index (χ0v) is 7.12. The number of hydrogen-bond donors (Lipinski definition) is 0. The average molecular weight is 166 g/mol. The Bertz CT molecular complexity index is 201. The van der Waals surface area contributed by atoms with Crippen LogP contribution in [0.4, 0.5) is 0 Å². The van der Waals surface area contributed by atoms with Gasteiger partial charge in [-0.1, -0.05) is 6.07 Å². The first-order valence-electron chi connectivity index (χ1n) is 3.81. The summed E-state index contributed by atoms with van der Waals surface area (Å²) in [6.07, 6.45) is 4.45. The molecule has 0 fully saturated rings. The van der Waals surface area contributed by atoms with Crippen LogP contribution < -0.4 is 0 Å². The summed E-state index contributed by atoms with van der Waals surface area (Å²) >= 11 is 0. The van der Waals surface area contributed by atoms with E-state index in [-0.39, 0.29) is 0 Å². The topological polar surface area (TPSA) is 31.4 Å². The molecule has 0 unspecified atom stereocenters. The van der Waals surface area contributed by atoms with Gasteiger partial charge in [0.05, 0.1) is 26.0 Å². The molecule has 1 aromatic rings. The second kappa shape index (κ2) is 5.69. The normalized spacial score (nSPS) is 10.1. The van der Waals surface area contributed by atoms with Gasteiger partial charge in [-0.05, 0) is 11.6 Å². The second-order valence-corrected chi connectivity index (χ2v) is 2.34. The van der Waals surface area contributed by atoms with E-state index in [1.807, 2.05) is 6.07 Å². The minimum atomic E-state index is 0.588. The molecule has 0 aromatic carbocycles. The molecule has 0 N–H and O–H groups in total. The molecule has 3 heteroatoms. The molecule has 0 atom stereocenters. The van der Waals surface area contributed by atoms with E-state index in [2.05, 4.69) is 11.2 Å². The number of hydrogen-bond acceptors (Lipinski definition) is 3. The Labute approximate surface area is 72.3 Å². The molecule has 0 aliphatic heterocycles. The van der Waals surface area contributed by atoms with E-state index in [9.17, 15) is 0 Å². The van der Waals surface area contributed by atoms with Gasteiger partial charge in [-0.3, -0.25) is 4.98 Å². The molecule has 3 nitrogen and oxygen atoms in total. The molecule has 1 rings (SSSR count). The molecular weight excluding hydrogens is 154 g/mol. The number of nitrogens with zero attached hydrogens (tertiary/aromatic N) is 1. The fraction of sp³-hybridized carbons (Fsp3) is 0.444. The van der Waals surface area contributed by atoms with Crippen molar-refractivity contribution in [2.75, 3.05) is 20.3 Å². The highest BCUT2D eigenvalue weighted by molar-refractivity contribution is 5.05. The summed E-state index contributed by atoms with van der Waals surface area (Å²) in [6.45, 7) is 1.84. The van der Waals surface area contributed by atoms with Gasteiger partial charge in [-0.25, -0.2) is 0 Å². The highest BCUT2D eigenvalue weighted by Gasteiger charge is 1.91.